The second-order valence-corrected chi connectivity index (χ2v) is 5.34. The highest BCUT2D eigenvalue weighted by Crippen LogP contribution is 2.31. The van der Waals surface area contributed by atoms with Crippen molar-refractivity contribution in [1.82, 2.24) is 14.8 Å². The van der Waals surface area contributed by atoms with E-state index in [2.05, 4.69) is 10.1 Å². The summed E-state index contributed by atoms with van der Waals surface area (Å²) in [6.07, 6.45) is 4.84. The van der Waals surface area contributed by atoms with E-state index >= 15 is 0 Å². The van der Waals surface area contributed by atoms with E-state index in [1.54, 1.807) is 24.1 Å². The van der Waals surface area contributed by atoms with Crippen molar-refractivity contribution in [2.24, 2.45) is 7.05 Å². The van der Waals surface area contributed by atoms with Gasteiger partial charge in [-0.2, -0.15) is 5.10 Å². The van der Waals surface area contributed by atoms with Crippen molar-refractivity contribution in [3.8, 4) is 11.1 Å². The second kappa shape index (κ2) is 5.42. The third-order valence-corrected chi connectivity index (χ3v) is 3.75. The van der Waals surface area contributed by atoms with Gasteiger partial charge in [0.05, 0.1) is 17.6 Å². The fraction of sp³-hybridized carbons (Fsp3) is 0.188. The molecular weight excluding hydrogens is 304 g/mol. The summed E-state index contributed by atoms with van der Waals surface area (Å²) in [6.45, 7) is 1.24. The van der Waals surface area contributed by atoms with Crippen LogP contribution in [-0.2, 0) is 11.8 Å². The lowest BCUT2D eigenvalue weighted by atomic mass is 9.97. The highest BCUT2D eigenvalue weighted by molar-refractivity contribution is 5.86. The summed E-state index contributed by atoms with van der Waals surface area (Å²) in [5.74, 6) is -4.39. The lowest BCUT2D eigenvalue weighted by Crippen LogP contribution is -2.12. The first kappa shape index (κ1) is 15.1. The molecule has 1 atom stereocenters. The Hall–Kier alpha value is -2.83. The van der Waals surface area contributed by atoms with Crippen LogP contribution in [0.15, 0.2) is 30.7 Å². The molecule has 1 N–H and O–H groups in total. The minimum absolute atomic E-state index is 0.0795. The average Bonchev–Trinajstić information content (AvgIpc) is 2.93. The van der Waals surface area contributed by atoms with Crippen LogP contribution >= 0.6 is 0 Å². The minimum Gasteiger partial charge on any atom is -0.481 e. The van der Waals surface area contributed by atoms with Gasteiger partial charge in [-0.25, -0.2) is 8.78 Å². The van der Waals surface area contributed by atoms with Gasteiger partial charge in [-0.15, -0.1) is 0 Å². The number of hydrogen-bond donors (Lipinski definition) is 1. The van der Waals surface area contributed by atoms with Crippen LogP contribution in [0.4, 0.5) is 8.78 Å². The Kier molecular flexibility index (Phi) is 3.55. The van der Waals surface area contributed by atoms with E-state index in [-0.39, 0.29) is 10.9 Å². The van der Waals surface area contributed by atoms with E-state index in [4.69, 9.17) is 5.11 Å². The molecule has 0 aliphatic carbocycles. The summed E-state index contributed by atoms with van der Waals surface area (Å²) in [5, 5.41) is 13.1. The van der Waals surface area contributed by atoms with Crippen molar-refractivity contribution in [3.63, 3.8) is 0 Å². The number of pyridine rings is 1. The Morgan fingerprint density at radius 3 is 2.61 bits per heavy atom. The van der Waals surface area contributed by atoms with Gasteiger partial charge in [0.15, 0.2) is 0 Å². The summed E-state index contributed by atoms with van der Waals surface area (Å²) in [5.41, 5.74) is 1.02. The first-order chi connectivity index (χ1) is 10.9. The molecule has 0 fully saturated rings. The number of rotatable bonds is 3. The lowest BCUT2D eigenvalue weighted by Gasteiger charge is -2.12. The molecule has 0 bridgehead atoms. The third kappa shape index (κ3) is 2.54. The molecule has 1 aromatic carbocycles. The average molecular weight is 317 g/mol. The molecule has 118 valence electrons. The van der Waals surface area contributed by atoms with E-state index in [1.807, 2.05) is 0 Å². The number of fused-ring (bicyclic) bond motifs is 1. The molecule has 23 heavy (non-hydrogen) atoms. The van der Waals surface area contributed by atoms with Gasteiger partial charge >= 0.3 is 5.97 Å². The Labute approximate surface area is 130 Å². The maximum absolute atomic E-state index is 14.7. The van der Waals surface area contributed by atoms with E-state index in [9.17, 15) is 13.6 Å². The Bertz CT molecular complexity index is 921. The number of carbonyl (C=O) groups is 1. The van der Waals surface area contributed by atoms with Gasteiger partial charge in [0, 0.05) is 47.6 Å². The number of carboxylic acid groups (broad SMARTS) is 1. The molecule has 1 unspecified atom stereocenters. The number of aliphatic carboxylic acids is 1. The zero-order valence-corrected chi connectivity index (χ0v) is 12.4. The van der Waals surface area contributed by atoms with Crippen LogP contribution in [0, 0.1) is 11.6 Å². The number of benzene rings is 1. The molecule has 2 heterocycles. The van der Waals surface area contributed by atoms with Crippen molar-refractivity contribution in [2.75, 3.05) is 0 Å². The Morgan fingerprint density at radius 2 is 2.00 bits per heavy atom. The fourth-order valence-electron chi connectivity index (χ4n) is 2.46. The molecule has 2 aromatic heterocycles. The predicted octanol–water partition coefficient (Wildman–Crippen LogP) is 3.10. The molecule has 0 spiro atoms. The van der Waals surface area contributed by atoms with E-state index in [1.165, 1.54) is 19.2 Å². The zero-order valence-electron chi connectivity index (χ0n) is 12.4. The van der Waals surface area contributed by atoms with Crippen LogP contribution in [0.25, 0.3) is 22.0 Å². The highest BCUT2D eigenvalue weighted by Gasteiger charge is 2.24. The van der Waals surface area contributed by atoms with Crippen molar-refractivity contribution >= 4 is 16.9 Å². The van der Waals surface area contributed by atoms with Gasteiger partial charge in [0.1, 0.15) is 11.6 Å². The molecule has 0 saturated heterocycles. The van der Waals surface area contributed by atoms with E-state index in [0.29, 0.717) is 5.56 Å². The van der Waals surface area contributed by atoms with Gasteiger partial charge in [0.2, 0.25) is 0 Å². The van der Waals surface area contributed by atoms with Crippen LogP contribution in [0.1, 0.15) is 18.4 Å². The van der Waals surface area contributed by atoms with Crippen LogP contribution in [0.5, 0.6) is 0 Å². The number of carboxylic acids is 1. The van der Waals surface area contributed by atoms with Gasteiger partial charge in [-0.3, -0.25) is 14.5 Å². The van der Waals surface area contributed by atoms with Gasteiger partial charge in [-0.05, 0) is 13.0 Å². The summed E-state index contributed by atoms with van der Waals surface area (Å²) in [4.78, 5) is 15.1. The maximum Gasteiger partial charge on any atom is 0.310 e. The van der Waals surface area contributed by atoms with E-state index in [0.717, 1.165) is 11.6 Å². The molecule has 3 rings (SSSR count). The van der Waals surface area contributed by atoms with Crippen molar-refractivity contribution in [3.05, 3.63) is 47.9 Å². The van der Waals surface area contributed by atoms with Gasteiger partial charge in [-0.1, -0.05) is 0 Å². The first-order valence-corrected chi connectivity index (χ1v) is 6.88. The number of nitrogens with zero attached hydrogens (tertiary/aromatic N) is 3. The lowest BCUT2D eigenvalue weighted by molar-refractivity contribution is -0.138. The molecule has 0 amide bonds. The van der Waals surface area contributed by atoms with Crippen LogP contribution in [0.3, 0.4) is 0 Å². The molecule has 0 radical (unpaired) electrons. The van der Waals surface area contributed by atoms with Crippen molar-refractivity contribution in [2.45, 2.75) is 12.8 Å². The molecule has 3 aromatic rings. The number of halogens is 2. The van der Waals surface area contributed by atoms with Gasteiger partial charge in [0.25, 0.3) is 0 Å². The summed E-state index contributed by atoms with van der Waals surface area (Å²) >= 11 is 0. The minimum atomic E-state index is -1.29. The maximum atomic E-state index is 14.7. The first-order valence-electron chi connectivity index (χ1n) is 6.88. The van der Waals surface area contributed by atoms with Crippen LogP contribution in [-0.4, -0.2) is 25.8 Å². The summed E-state index contributed by atoms with van der Waals surface area (Å²) < 4.78 is 30.3. The van der Waals surface area contributed by atoms with Crippen molar-refractivity contribution < 1.29 is 18.7 Å². The fourth-order valence-corrected chi connectivity index (χ4v) is 2.46. The smallest absolute Gasteiger partial charge is 0.310 e. The Balaban J connectivity index is 2.23. The zero-order chi connectivity index (χ0) is 16.7. The highest BCUT2D eigenvalue weighted by atomic mass is 19.1. The summed E-state index contributed by atoms with van der Waals surface area (Å²) in [6, 6.07) is 2.58. The number of hydrogen-bond acceptors (Lipinski definition) is 3. The molecule has 5 nitrogen and oxygen atoms in total. The number of aryl methyl sites for hydroxylation is 1. The number of aromatic nitrogens is 3. The molecule has 0 saturated carbocycles. The van der Waals surface area contributed by atoms with Crippen LogP contribution in [0.2, 0.25) is 0 Å². The standard InChI is InChI=1S/C16H13F2N3O2/c1-8(16(22)23)14-12(17)4-13-11(15(14)18)3-9(5-19-13)10-6-20-21(2)7-10/h3-8H,1-2H3,(H,22,23). The molecule has 0 aliphatic rings. The Morgan fingerprint density at radius 1 is 1.26 bits per heavy atom. The third-order valence-electron chi connectivity index (χ3n) is 3.75. The van der Waals surface area contributed by atoms with Crippen molar-refractivity contribution in [1.29, 1.82) is 0 Å². The predicted molar refractivity (Wildman–Crippen MR) is 79.9 cm³/mol. The molecule has 7 heteroatoms. The molecular formula is C16H13F2N3O2. The largest absolute Gasteiger partial charge is 0.481 e. The molecule has 0 aliphatic heterocycles. The second-order valence-electron chi connectivity index (χ2n) is 5.34. The topological polar surface area (TPSA) is 68.0 Å². The SMILES string of the molecule is CC(C(=O)O)c1c(F)cc2ncc(-c3cnn(C)c3)cc2c1F. The van der Waals surface area contributed by atoms with E-state index < -0.39 is 29.1 Å². The normalized spacial score (nSPS) is 12.5. The quantitative estimate of drug-likeness (QED) is 0.806. The van der Waals surface area contributed by atoms with Crippen LogP contribution < -0.4 is 0 Å². The monoisotopic (exact) mass is 317 g/mol. The van der Waals surface area contributed by atoms with Gasteiger partial charge < -0.3 is 5.11 Å². The summed E-state index contributed by atoms with van der Waals surface area (Å²) in [7, 11) is 1.75.